The van der Waals surface area contributed by atoms with E-state index in [4.69, 9.17) is 17.5 Å². The predicted octanol–water partition coefficient (Wildman–Crippen LogP) is 2.30. The molecule has 0 aliphatic heterocycles. The first-order valence-electron chi connectivity index (χ1n) is 5.65. The van der Waals surface area contributed by atoms with Crippen molar-refractivity contribution in [3.63, 3.8) is 0 Å². The summed E-state index contributed by atoms with van der Waals surface area (Å²) in [4.78, 5) is 13.0. The fourth-order valence-corrected chi connectivity index (χ4v) is 2.67. The quantitative estimate of drug-likeness (QED) is 0.495. The van der Waals surface area contributed by atoms with E-state index >= 15 is 0 Å². The van der Waals surface area contributed by atoms with Gasteiger partial charge < -0.3 is 0 Å². The van der Waals surface area contributed by atoms with E-state index < -0.39 is 0 Å². The lowest BCUT2D eigenvalue weighted by Gasteiger charge is -2.01. The highest BCUT2D eigenvalue weighted by Crippen LogP contribution is 2.18. The van der Waals surface area contributed by atoms with E-state index in [0.717, 1.165) is 16.7 Å². The molecule has 5 nitrogen and oxygen atoms in total. The minimum atomic E-state index is -0.174. The number of thiocyanates is 1. The van der Waals surface area contributed by atoms with Crippen molar-refractivity contribution in [3.05, 3.63) is 39.5 Å². The standard InChI is InChI=1S/C12H12N4OS2/c1-3-15-12(18)16(11(17)14(15)2)9-4-6-10(7-5-9)19-8-13/h4-7H,3H2,1-2H3. The number of benzene rings is 1. The molecule has 0 N–H and O–H groups in total. The Morgan fingerprint density at radius 3 is 2.47 bits per heavy atom. The van der Waals surface area contributed by atoms with E-state index in [1.54, 1.807) is 36.0 Å². The van der Waals surface area contributed by atoms with Crippen LogP contribution in [-0.2, 0) is 13.6 Å². The third-order valence-electron chi connectivity index (χ3n) is 2.80. The number of nitriles is 1. The summed E-state index contributed by atoms with van der Waals surface area (Å²) in [6.45, 7) is 2.58. The second-order valence-electron chi connectivity index (χ2n) is 3.83. The molecule has 0 unspecified atom stereocenters. The molecule has 0 fully saturated rings. The van der Waals surface area contributed by atoms with E-state index in [-0.39, 0.29) is 5.69 Å². The van der Waals surface area contributed by atoms with Crippen LogP contribution in [0.4, 0.5) is 0 Å². The molecule has 19 heavy (non-hydrogen) atoms. The molecule has 0 saturated carbocycles. The zero-order chi connectivity index (χ0) is 14.0. The van der Waals surface area contributed by atoms with Crippen LogP contribution in [0.15, 0.2) is 34.0 Å². The lowest BCUT2D eigenvalue weighted by atomic mass is 10.3. The van der Waals surface area contributed by atoms with Crippen LogP contribution in [0.5, 0.6) is 0 Å². The Morgan fingerprint density at radius 1 is 1.37 bits per heavy atom. The highest BCUT2D eigenvalue weighted by molar-refractivity contribution is 8.03. The molecule has 2 aromatic rings. The fourth-order valence-electron chi connectivity index (χ4n) is 1.86. The van der Waals surface area contributed by atoms with Gasteiger partial charge in [-0.3, -0.25) is 4.68 Å². The number of thioether (sulfide) groups is 1. The molecular formula is C12H12N4OS2. The average Bonchev–Trinajstić information content (AvgIpc) is 2.62. The summed E-state index contributed by atoms with van der Waals surface area (Å²) in [7, 11) is 1.69. The second kappa shape index (κ2) is 5.47. The van der Waals surface area contributed by atoms with Crippen LogP contribution in [-0.4, -0.2) is 13.9 Å². The van der Waals surface area contributed by atoms with Gasteiger partial charge in [0.25, 0.3) is 0 Å². The molecule has 0 radical (unpaired) electrons. The Kier molecular flexibility index (Phi) is 3.93. The molecular weight excluding hydrogens is 280 g/mol. The topological polar surface area (TPSA) is 55.6 Å². The zero-order valence-electron chi connectivity index (χ0n) is 10.5. The number of rotatable bonds is 3. The van der Waals surface area contributed by atoms with Crippen LogP contribution >= 0.6 is 24.0 Å². The summed E-state index contributed by atoms with van der Waals surface area (Å²) in [5.41, 5.74) is 0.535. The highest BCUT2D eigenvalue weighted by atomic mass is 32.2. The van der Waals surface area contributed by atoms with Crippen molar-refractivity contribution in [1.29, 1.82) is 5.26 Å². The van der Waals surface area contributed by atoms with Crippen molar-refractivity contribution < 1.29 is 0 Å². The largest absolute Gasteiger partial charge is 0.349 e. The Balaban J connectivity index is 2.57. The van der Waals surface area contributed by atoms with Gasteiger partial charge in [0, 0.05) is 18.5 Å². The SMILES string of the molecule is CCn1c(=S)n(-c2ccc(SC#N)cc2)c(=O)n1C. The van der Waals surface area contributed by atoms with Crippen molar-refractivity contribution in [1.82, 2.24) is 13.9 Å². The van der Waals surface area contributed by atoms with Gasteiger partial charge in [-0.1, -0.05) is 0 Å². The Labute approximate surface area is 119 Å². The summed E-state index contributed by atoms with van der Waals surface area (Å²) in [6.07, 6.45) is 0. The minimum absolute atomic E-state index is 0.174. The minimum Gasteiger partial charge on any atom is -0.256 e. The number of aromatic nitrogens is 3. The Hall–Kier alpha value is -1.78. The van der Waals surface area contributed by atoms with Gasteiger partial charge in [-0.25, -0.2) is 14.0 Å². The van der Waals surface area contributed by atoms with Crippen LogP contribution in [0.3, 0.4) is 0 Å². The molecule has 0 aliphatic carbocycles. The van der Waals surface area contributed by atoms with Gasteiger partial charge in [0.05, 0.1) is 5.69 Å². The average molecular weight is 292 g/mol. The molecule has 0 saturated heterocycles. The van der Waals surface area contributed by atoms with Gasteiger partial charge in [0.15, 0.2) is 0 Å². The van der Waals surface area contributed by atoms with Crippen LogP contribution < -0.4 is 5.69 Å². The third kappa shape index (κ3) is 2.37. The maximum absolute atomic E-state index is 12.2. The lowest BCUT2D eigenvalue weighted by molar-refractivity contribution is 0.517. The van der Waals surface area contributed by atoms with Gasteiger partial charge in [0.1, 0.15) is 5.40 Å². The van der Waals surface area contributed by atoms with E-state index in [9.17, 15) is 4.79 Å². The number of hydrogen-bond acceptors (Lipinski definition) is 4. The second-order valence-corrected chi connectivity index (χ2v) is 5.05. The third-order valence-corrected chi connectivity index (χ3v) is 3.79. The number of nitrogens with zero attached hydrogens (tertiary/aromatic N) is 4. The van der Waals surface area contributed by atoms with Crippen molar-refractivity contribution in [2.75, 3.05) is 0 Å². The van der Waals surface area contributed by atoms with Gasteiger partial charge in [-0.05, 0) is 55.2 Å². The van der Waals surface area contributed by atoms with Gasteiger partial charge >= 0.3 is 5.69 Å². The zero-order valence-corrected chi connectivity index (χ0v) is 12.2. The van der Waals surface area contributed by atoms with Crippen LogP contribution in [0.2, 0.25) is 0 Å². The van der Waals surface area contributed by atoms with Crippen LogP contribution in [0.25, 0.3) is 5.69 Å². The van der Waals surface area contributed by atoms with Crippen molar-refractivity contribution >= 4 is 24.0 Å². The first kappa shape index (κ1) is 13.6. The summed E-state index contributed by atoms with van der Waals surface area (Å²) >= 11 is 6.40. The van der Waals surface area contributed by atoms with E-state index in [0.29, 0.717) is 17.0 Å². The molecule has 98 valence electrons. The maximum Gasteiger partial charge on any atom is 0.349 e. The first-order chi connectivity index (χ1) is 9.10. The number of hydrogen-bond donors (Lipinski definition) is 0. The molecule has 0 amide bonds. The highest BCUT2D eigenvalue weighted by Gasteiger charge is 2.10. The Morgan fingerprint density at radius 2 is 2.00 bits per heavy atom. The van der Waals surface area contributed by atoms with Crippen LogP contribution in [0, 0.1) is 15.4 Å². The molecule has 1 aromatic carbocycles. The molecule has 0 atom stereocenters. The molecule has 7 heteroatoms. The van der Waals surface area contributed by atoms with Crippen molar-refractivity contribution in [3.8, 4) is 11.1 Å². The molecule has 2 rings (SSSR count). The maximum atomic E-state index is 12.2. The van der Waals surface area contributed by atoms with Gasteiger partial charge in [-0.15, -0.1) is 0 Å². The Bertz CT molecular complexity index is 746. The van der Waals surface area contributed by atoms with E-state index in [2.05, 4.69) is 0 Å². The summed E-state index contributed by atoms with van der Waals surface area (Å²) in [5, 5.41) is 10.6. The summed E-state index contributed by atoms with van der Waals surface area (Å²) < 4.78 is 5.19. The molecule has 0 spiro atoms. The molecule has 1 aromatic heterocycles. The van der Waals surface area contributed by atoms with Gasteiger partial charge in [0.2, 0.25) is 4.77 Å². The molecule has 0 aliphatic rings. The van der Waals surface area contributed by atoms with Gasteiger partial charge in [-0.2, -0.15) is 5.26 Å². The normalized spacial score (nSPS) is 10.4. The first-order valence-corrected chi connectivity index (χ1v) is 6.87. The summed E-state index contributed by atoms with van der Waals surface area (Å²) in [5.74, 6) is 0. The van der Waals surface area contributed by atoms with Crippen LogP contribution in [0.1, 0.15) is 6.92 Å². The summed E-state index contributed by atoms with van der Waals surface area (Å²) in [6, 6.07) is 7.18. The lowest BCUT2D eigenvalue weighted by Crippen LogP contribution is -2.23. The van der Waals surface area contributed by atoms with Crippen molar-refractivity contribution in [2.24, 2.45) is 7.05 Å². The fraction of sp³-hybridized carbons (Fsp3) is 0.250. The van der Waals surface area contributed by atoms with Crippen molar-refractivity contribution in [2.45, 2.75) is 18.4 Å². The molecule has 1 heterocycles. The smallest absolute Gasteiger partial charge is 0.256 e. The van der Waals surface area contributed by atoms with E-state index in [1.165, 1.54) is 9.25 Å². The molecule has 0 bridgehead atoms. The van der Waals surface area contributed by atoms with E-state index in [1.807, 2.05) is 12.3 Å². The predicted molar refractivity (Wildman–Crippen MR) is 77.0 cm³/mol. The monoisotopic (exact) mass is 292 g/mol.